The second-order valence-electron chi connectivity index (χ2n) is 4.95. The molecule has 3 aliphatic rings. The van der Waals surface area contributed by atoms with Crippen LogP contribution in [-0.4, -0.2) is 37.6 Å². The summed E-state index contributed by atoms with van der Waals surface area (Å²) >= 11 is 0. The number of methoxy groups -OCH3 is 2. The summed E-state index contributed by atoms with van der Waals surface area (Å²) < 4.78 is 17.1. The second-order valence-corrected chi connectivity index (χ2v) is 4.95. The van der Waals surface area contributed by atoms with Crippen LogP contribution >= 0.6 is 0 Å². The summed E-state index contributed by atoms with van der Waals surface area (Å²) in [5, 5.41) is 0. The van der Waals surface area contributed by atoms with E-state index in [1.807, 2.05) is 0 Å². The molecule has 0 aromatic rings. The number of rotatable bonds is 3. The van der Waals surface area contributed by atoms with Gasteiger partial charge in [0.2, 0.25) is 0 Å². The Morgan fingerprint density at radius 2 is 2.00 bits per heavy atom. The van der Waals surface area contributed by atoms with Crippen molar-refractivity contribution in [3.63, 3.8) is 0 Å². The average molecular weight is 200 g/mol. The molecule has 3 nitrogen and oxygen atoms in total. The Morgan fingerprint density at radius 1 is 1.36 bits per heavy atom. The maximum atomic E-state index is 6.03. The van der Waals surface area contributed by atoms with E-state index in [0.717, 1.165) is 6.42 Å². The molecular weight excluding hydrogens is 180 g/mol. The highest BCUT2D eigenvalue weighted by molar-refractivity contribution is 5.20. The van der Waals surface area contributed by atoms with Crippen LogP contribution in [0.5, 0.6) is 0 Å². The first-order valence-electron chi connectivity index (χ1n) is 5.24. The molecule has 2 aliphatic heterocycles. The summed E-state index contributed by atoms with van der Waals surface area (Å²) in [5.41, 5.74) is -0.491. The predicted octanol–water partition coefficient (Wildman–Crippen LogP) is 1.60. The van der Waals surface area contributed by atoms with Crippen LogP contribution in [0.3, 0.4) is 0 Å². The molecule has 3 fully saturated rings. The Balaban J connectivity index is 2.25. The molecule has 0 aromatic heterocycles. The van der Waals surface area contributed by atoms with E-state index in [2.05, 4.69) is 20.8 Å². The monoisotopic (exact) mass is 200 g/mol. The van der Waals surface area contributed by atoms with E-state index < -0.39 is 0 Å². The SMILES string of the molecule is COC1C2CC1(C(C)(C)OC)OC2C. The van der Waals surface area contributed by atoms with Crippen LogP contribution in [-0.2, 0) is 14.2 Å². The van der Waals surface area contributed by atoms with E-state index in [0.29, 0.717) is 12.0 Å². The topological polar surface area (TPSA) is 27.7 Å². The van der Waals surface area contributed by atoms with Crippen molar-refractivity contribution < 1.29 is 14.2 Å². The van der Waals surface area contributed by atoms with E-state index in [-0.39, 0.29) is 17.3 Å². The number of hydrogen-bond acceptors (Lipinski definition) is 3. The van der Waals surface area contributed by atoms with Crippen molar-refractivity contribution in [2.45, 2.75) is 50.6 Å². The van der Waals surface area contributed by atoms with Crippen molar-refractivity contribution >= 4 is 0 Å². The van der Waals surface area contributed by atoms with Crippen molar-refractivity contribution in [2.75, 3.05) is 14.2 Å². The van der Waals surface area contributed by atoms with Crippen LogP contribution in [0.4, 0.5) is 0 Å². The molecule has 4 atom stereocenters. The van der Waals surface area contributed by atoms with Gasteiger partial charge in [0.25, 0.3) is 0 Å². The van der Waals surface area contributed by atoms with Crippen molar-refractivity contribution in [1.82, 2.24) is 0 Å². The molecule has 0 radical (unpaired) electrons. The Bertz CT molecular complexity index is 239. The summed E-state index contributed by atoms with van der Waals surface area (Å²) in [4.78, 5) is 0. The second kappa shape index (κ2) is 2.94. The third-order valence-corrected chi connectivity index (χ3v) is 4.17. The van der Waals surface area contributed by atoms with Crippen LogP contribution < -0.4 is 0 Å². The highest BCUT2D eigenvalue weighted by Gasteiger charge is 2.71. The lowest BCUT2D eigenvalue weighted by Crippen LogP contribution is -2.65. The molecule has 3 heteroatoms. The van der Waals surface area contributed by atoms with Gasteiger partial charge in [-0.1, -0.05) is 0 Å². The quantitative estimate of drug-likeness (QED) is 0.692. The van der Waals surface area contributed by atoms with Gasteiger partial charge >= 0.3 is 0 Å². The van der Waals surface area contributed by atoms with Crippen LogP contribution in [0, 0.1) is 5.92 Å². The molecule has 3 rings (SSSR count). The van der Waals surface area contributed by atoms with Crippen molar-refractivity contribution in [3.8, 4) is 0 Å². The maximum Gasteiger partial charge on any atom is 0.124 e. The molecule has 1 saturated carbocycles. The first-order valence-corrected chi connectivity index (χ1v) is 5.24. The summed E-state index contributed by atoms with van der Waals surface area (Å²) in [6.07, 6.45) is 1.56. The van der Waals surface area contributed by atoms with Gasteiger partial charge in [0.15, 0.2) is 0 Å². The lowest BCUT2D eigenvalue weighted by Gasteiger charge is -2.52. The van der Waals surface area contributed by atoms with Crippen molar-refractivity contribution in [1.29, 1.82) is 0 Å². The minimum Gasteiger partial charge on any atom is -0.378 e. The third kappa shape index (κ3) is 0.980. The number of hydrogen-bond donors (Lipinski definition) is 0. The van der Waals surface area contributed by atoms with Crippen LogP contribution in [0.15, 0.2) is 0 Å². The van der Waals surface area contributed by atoms with Crippen LogP contribution in [0.1, 0.15) is 27.2 Å². The zero-order valence-electron chi connectivity index (χ0n) is 9.66. The molecule has 0 aromatic carbocycles. The molecule has 82 valence electrons. The Morgan fingerprint density at radius 3 is 2.43 bits per heavy atom. The van der Waals surface area contributed by atoms with Gasteiger partial charge in [0, 0.05) is 20.1 Å². The van der Waals surface area contributed by atoms with E-state index in [1.54, 1.807) is 14.2 Å². The van der Waals surface area contributed by atoms with Crippen LogP contribution in [0.2, 0.25) is 0 Å². The largest absolute Gasteiger partial charge is 0.378 e. The van der Waals surface area contributed by atoms with E-state index in [4.69, 9.17) is 14.2 Å². The molecule has 0 spiro atoms. The van der Waals surface area contributed by atoms with E-state index in [1.165, 1.54) is 0 Å². The zero-order valence-corrected chi connectivity index (χ0v) is 9.66. The van der Waals surface area contributed by atoms with Crippen LogP contribution in [0.25, 0.3) is 0 Å². The smallest absolute Gasteiger partial charge is 0.124 e. The Labute approximate surface area is 85.7 Å². The number of fused-ring (bicyclic) bond motifs is 1. The third-order valence-electron chi connectivity index (χ3n) is 4.17. The molecule has 1 aliphatic carbocycles. The zero-order chi connectivity index (χ0) is 10.6. The van der Waals surface area contributed by atoms with E-state index in [9.17, 15) is 0 Å². The first kappa shape index (κ1) is 10.4. The maximum absolute atomic E-state index is 6.03. The van der Waals surface area contributed by atoms with Gasteiger partial charge < -0.3 is 14.2 Å². The standard InChI is InChI=1S/C11H20O3/c1-7-8-6-11(14-7,9(8)12-4)10(2,3)13-5/h7-9H,6H2,1-5H3. The lowest BCUT2D eigenvalue weighted by atomic mass is 9.62. The molecule has 2 bridgehead atoms. The highest BCUT2D eigenvalue weighted by atomic mass is 16.6. The normalized spacial score (nSPS) is 46.5. The van der Waals surface area contributed by atoms with Gasteiger partial charge in [-0.25, -0.2) is 0 Å². The fourth-order valence-electron chi connectivity index (χ4n) is 2.97. The number of ether oxygens (including phenoxy) is 3. The summed E-state index contributed by atoms with van der Waals surface area (Å²) in [6.45, 7) is 6.28. The Hall–Kier alpha value is -0.120. The Kier molecular flexibility index (Phi) is 2.18. The van der Waals surface area contributed by atoms with Gasteiger partial charge in [-0.3, -0.25) is 0 Å². The molecule has 2 heterocycles. The minimum absolute atomic E-state index is 0.201. The molecule has 2 saturated heterocycles. The van der Waals surface area contributed by atoms with Gasteiger partial charge in [-0.2, -0.15) is 0 Å². The fraction of sp³-hybridized carbons (Fsp3) is 1.00. The fourth-order valence-corrected chi connectivity index (χ4v) is 2.97. The molecule has 0 N–H and O–H groups in total. The van der Waals surface area contributed by atoms with Gasteiger partial charge in [-0.05, 0) is 27.2 Å². The summed E-state index contributed by atoms with van der Waals surface area (Å²) in [5.74, 6) is 0.550. The predicted molar refractivity (Wildman–Crippen MR) is 53.3 cm³/mol. The summed E-state index contributed by atoms with van der Waals surface area (Å²) in [7, 11) is 3.50. The average Bonchev–Trinajstić information content (AvgIpc) is 2.57. The molecule has 0 amide bonds. The molecule has 14 heavy (non-hydrogen) atoms. The van der Waals surface area contributed by atoms with Crippen molar-refractivity contribution in [3.05, 3.63) is 0 Å². The highest BCUT2D eigenvalue weighted by Crippen LogP contribution is 2.59. The van der Waals surface area contributed by atoms with Gasteiger partial charge in [-0.15, -0.1) is 0 Å². The first-order chi connectivity index (χ1) is 6.48. The van der Waals surface area contributed by atoms with Gasteiger partial charge in [0.05, 0.1) is 17.8 Å². The molecular formula is C11H20O3. The molecule has 4 unspecified atom stereocenters. The minimum atomic E-state index is -0.269. The van der Waals surface area contributed by atoms with Crippen molar-refractivity contribution in [2.24, 2.45) is 5.92 Å². The lowest BCUT2D eigenvalue weighted by molar-refractivity contribution is -0.229. The van der Waals surface area contributed by atoms with E-state index >= 15 is 0 Å². The summed E-state index contributed by atoms with van der Waals surface area (Å²) in [6, 6.07) is 0. The van der Waals surface area contributed by atoms with Gasteiger partial charge in [0.1, 0.15) is 5.60 Å².